The lowest BCUT2D eigenvalue weighted by Crippen LogP contribution is -2.37. The van der Waals surface area contributed by atoms with Crippen LogP contribution in [0, 0.1) is 0 Å². The highest BCUT2D eigenvalue weighted by atomic mass is 19.1. The zero-order valence-corrected chi connectivity index (χ0v) is 7.63. The van der Waals surface area contributed by atoms with E-state index in [4.69, 9.17) is 0 Å². The fraction of sp³-hybridized carbons (Fsp3) is 0.750. The van der Waals surface area contributed by atoms with E-state index in [-0.39, 0.29) is 0 Å². The van der Waals surface area contributed by atoms with E-state index in [1.54, 1.807) is 7.05 Å². The lowest BCUT2D eigenvalue weighted by atomic mass is 9.91. The van der Waals surface area contributed by atoms with Crippen LogP contribution in [0.15, 0.2) is 6.20 Å². The van der Waals surface area contributed by atoms with Crippen molar-refractivity contribution >= 4 is 0 Å². The van der Waals surface area contributed by atoms with Crippen molar-refractivity contribution in [1.82, 2.24) is 20.3 Å². The third-order valence-electron chi connectivity index (χ3n) is 2.57. The summed E-state index contributed by atoms with van der Waals surface area (Å²) in [5.74, 6) is 0. The van der Waals surface area contributed by atoms with E-state index < -0.39 is 5.67 Å². The third-order valence-corrected chi connectivity index (χ3v) is 2.57. The minimum absolute atomic E-state index is 0.508. The lowest BCUT2D eigenvalue weighted by Gasteiger charge is -2.29. The minimum Gasteiger partial charge on any atom is -0.316 e. The first-order valence-corrected chi connectivity index (χ1v) is 4.47. The molecule has 5 heteroatoms. The van der Waals surface area contributed by atoms with Gasteiger partial charge in [0.1, 0.15) is 0 Å². The molecule has 2 heterocycles. The molecule has 1 aromatic rings. The Morgan fingerprint density at radius 2 is 2.23 bits per heavy atom. The van der Waals surface area contributed by atoms with Crippen molar-refractivity contribution in [2.45, 2.75) is 18.5 Å². The monoisotopic (exact) mass is 184 g/mol. The molecule has 2 rings (SSSR count). The Morgan fingerprint density at radius 1 is 1.54 bits per heavy atom. The second-order valence-corrected chi connectivity index (χ2v) is 3.46. The van der Waals surface area contributed by atoms with Gasteiger partial charge in [0, 0.05) is 7.05 Å². The molecule has 1 aliphatic rings. The van der Waals surface area contributed by atoms with E-state index in [0.29, 0.717) is 18.5 Å². The van der Waals surface area contributed by atoms with Crippen LogP contribution in [0.25, 0.3) is 0 Å². The predicted octanol–water partition coefficient (Wildman–Crippen LogP) is 0.363. The summed E-state index contributed by atoms with van der Waals surface area (Å²) in [6.07, 6.45) is 2.54. The van der Waals surface area contributed by atoms with Gasteiger partial charge < -0.3 is 5.32 Å². The maximum absolute atomic E-state index is 14.3. The first-order valence-electron chi connectivity index (χ1n) is 4.47. The van der Waals surface area contributed by atoms with Crippen molar-refractivity contribution in [1.29, 1.82) is 0 Å². The molecular formula is C8H13FN4. The Morgan fingerprint density at radius 3 is 2.77 bits per heavy atom. The molecule has 1 N–H and O–H groups in total. The molecule has 1 aliphatic heterocycles. The fourth-order valence-electron chi connectivity index (χ4n) is 1.77. The maximum atomic E-state index is 14.3. The van der Waals surface area contributed by atoms with Gasteiger partial charge >= 0.3 is 0 Å². The number of aromatic nitrogens is 3. The van der Waals surface area contributed by atoms with Crippen LogP contribution in [-0.4, -0.2) is 28.1 Å². The SMILES string of the molecule is Cn1nncc1C1(F)CCNCC1. The zero-order valence-electron chi connectivity index (χ0n) is 7.63. The molecule has 0 aliphatic carbocycles. The number of nitrogens with zero attached hydrogens (tertiary/aromatic N) is 3. The molecule has 72 valence electrons. The Bertz CT molecular complexity index is 290. The molecule has 1 fully saturated rings. The summed E-state index contributed by atoms with van der Waals surface area (Å²) in [5, 5.41) is 10.6. The molecule has 13 heavy (non-hydrogen) atoms. The van der Waals surface area contributed by atoms with Gasteiger partial charge in [-0.25, -0.2) is 9.07 Å². The van der Waals surface area contributed by atoms with Gasteiger partial charge in [-0.2, -0.15) is 0 Å². The summed E-state index contributed by atoms with van der Waals surface area (Å²) >= 11 is 0. The largest absolute Gasteiger partial charge is 0.316 e. The van der Waals surface area contributed by atoms with Crippen molar-refractivity contribution in [2.75, 3.05) is 13.1 Å². The molecule has 0 aromatic carbocycles. The molecule has 0 unspecified atom stereocenters. The number of halogens is 1. The summed E-state index contributed by atoms with van der Waals surface area (Å²) in [5.41, 5.74) is -0.641. The summed E-state index contributed by atoms with van der Waals surface area (Å²) < 4.78 is 15.8. The Kier molecular flexibility index (Phi) is 2.03. The quantitative estimate of drug-likeness (QED) is 0.685. The van der Waals surface area contributed by atoms with Crippen LogP contribution in [0.2, 0.25) is 0 Å². The van der Waals surface area contributed by atoms with Crippen molar-refractivity contribution < 1.29 is 4.39 Å². The van der Waals surface area contributed by atoms with Crippen LogP contribution in [0.3, 0.4) is 0 Å². The Balaban J connectivity index is 2.27. The van der Waals surface area contributed by atoms with E-state index in [9.17, 15) is 4.39 Å². The molecule has 0 bridgehead atoms. The van der Waals surface area contributed by atoms with Gasteiger partial charge in [0.2, 0.25) is 0 Å². The molecular weight excluding hydrogens is 171 g/mol. The average molecular weight is 184 g/mol. The Labute approximate surface area is 76.1 Å². The average Bonchev–Trinajstić information content (AvgIpc) is 2.53. The number of rotatable bonds is 1. The second kappa shape index (κ2) is 3.06. The van der Waals surface area contributed by atoms with Gasteiger partial charge in [-0.3, -0.25) is 0 Å². The van der Waals surface area contributed by atoms with Gasteiger partial charge in [0.05, 0.1) is 11.9 Å². The third kappa shape index (κ3) is 1.44. The van der Waals surface area contributed by atoms with E-state index in [2.05, 4.69) is 15.6 Å². The van der Waals surface area contributed by atoms with Crippen molar-refractivity contribution in [3.63, 3.8) is 0 Å². The molecule has 0 saturated carbocycles. The predicted molar refractivity (Wildman–Crippen MR) is 45.9 cm³/mol. The molecule has 1 saturated heterocycles. The fourth-order valence-corrected chi connectivity index (χ4v) is 1.77. The van der Waals surface area contributed by atoms with Crippen LogP contribution in [0.5, 0.6) is 0 Å². The molecule has 1 aromatic heterocycles. The molecule has 4 nitrogen and oxygen atoms in total. The van der Waals surface area contributed by atoms with Gasteiger partial charge in [0.15, 0.2) is 5.67 Å². The molecule has 0 amide bonds. The minimum atomic E-state index is -1.23. The number of hydrogen-bond donors (Lipinski definition) is 1. The van der Waals surface area contributed by atoms with Gasteiger partial charge in [-0.1, -0.05) is 5.21 Å². The highest BCUT2D eigenvalue weighted by Gasteiger charge is 2.36. The topological polar surface area (TPSA) is 42.7 Å². The molecule has 0 spiro atoms. The van der Waals surface area contributed by atoms with Gasteiger partial charge in [-0.15, -0.1) is 5.10 Å². The highest BCUT2D eigenvalue weighted by Crippen LogP contribution is 2.33. The van der Waals surface area contributed by atoms with Gasteiger partial charge in [0.25, 0.3) is 0 Å². The van der Waals surface area contributed by atoms with E-state index >= 15 is 0 Å². The summed E-state index contributed by atoms with van der Waals surface area (Å²) in [7, 11) is 1.73. The Hall–Kier alpha value is -0.970. The number of piperidine rings is 1. The number of hydrogen-bond acceptors (Lipinski definition) is 3. The van der Waals surface area contributed by atoms with Crippen LogP contribution in [0.1, 0.15) is 18.5 Å². The molecule has 0 atom stereocenters. The maximum Gasteiger partial charge on any atom is 0.156 e. The number of aryl methyl sites for hydroxylation is 1. The van der Waals surface area contributed by atoms with E-state index in [1.807, 2.05) is 0 Å². The van der Waals surface area contributed by atoms with Crippen LogP contribution >= 0.6 is 0 Å². The number of nitrogens with one attached hydrogen (secondary N) is 1. The smallest absolute Gasteiger partial charge is 0.156 e. The second-order valence-electron chi connectivity index (χ2n) is 3.46. The van der Waals surface area contributed by atoms with Crippen LogP contribution in [-0.2, 0) is 12.7 Å². The first-order chi connectivity index (χ1) is 6.22. The van der Waals surface area contributed by atoms with E-state index in [0.717, 1.165) is 13.1 Å². The molecule has 0 radical (unpaired) electrons. The zero-order chi connectivity index (χ0) is 9.31. The normalized spacial score (nSPS) is 21.7. The summed E-state index contributed by atoms with van der Waals surface area (Å²) in [6.45, 7) is 1.45. The number of alkyl halides is 1. The highest BCUT2D eigenvalue weighted by molar-refractivity contribution is 5.09. The van der Waals surface area contributed by atoms with Crippen LogP contribution in [0.4, 0.5) is 4.39 Å². The van der Waals surface area contributed by atoms with Crippen molar-refractivity contribution in [3.05, 3.63) is 11.9 Å². The van der Waals surface area contributed by atoms with Crippen molar-refractivity contribution in [3.8, 4) is 0 Å². The summed E-state index contributed by atoms with van der Waals surface area (Å²) in [6, 6.07) is 0. The lowest BCUT2D eigenvalue weighted by molar-refractivity contribution is 0.105. The van der Waals surface area contributed by atoms with Gasteiger partial charge in [-0.05, 0) is 25.9 Å². The first kappa shape index (κ1) is 8.62. The summed E-state index contributed by atoms with van der Waals surface area (Å²) in [4.78, 5) is 0. The van der Waals surface area contributed by atoms with E-state index in [1.165, 1.54) is 10.9 Å². The standard InChI is InChI=1S/C8H13FN4/c1-13-7(6-11-12-13)8(9)2-4-10-5-3-8/h6,10H,2-5H2,1H3. The van der Waals surface area contributed by atoms with Crippen LogP contribution < -0.4 is 5.32 Å². The van der Waals surface area contributed by atoms with Crippen molar-refractivity contribution in [2.24, 2.45) is 7.05 Å².